The van der Waals surface area contributed by atoms with E-state index in [1.807, 2.05) is 38.1 Å². The van der Waals surface area contributed by atoms with Crippen molar-refractivity contribution >= 4 is 5.78 Å². The van der Waals surface area contributed by atoms with Gasteiger partial charge in [-0.2, -0.15) is 0 Å². The summed E-state index contributed by atoms with van der Waals surface area (Å²) < 4.78 is 0. The summed E-state index contributed by atoms with van der Waals surface area (Å²) in [7, 11) is 0. The molecule has 2 nitrogen and oxygen atoms in total. The van der Waals surface area contributed by atoms with Gasteiger partial charge in [-0.3, -0.25) is 9.78 Å². The highest BCUT2D eigenvalue weighted by atomic mass is 16.1. The van der Waals surface area contributed by atoms with E-state index < -0.39 is 0 Å². The lowest BCUT2D eigenvalue weighted by Gasteiger charge is -2.06. The first-order valence-electron chi connectivity index (χ1n) is 6.65. The summed E-state index contributed by atoms with van der Waals surface area (Å²) in [6.07, 6.45) is 1.46. The highest BCUT2D eigenvalue weighted by Crippen LogP contribution is 2.12. The highest BCUT2D eigenvalue weighted by molar-refractivity contribution is 5.98. The third-order valence-electron chi connectivity index (χ3n) is 3.32. The van der Waals surface area contributed by atoms with Crippen LogP contribution in [0, 0.1) is 13.8 Å². The van der Waals surface area contributed by atoms with Gasteiger partial charge in [-0.25, -0.2) is 0 Å². The van der Waals surface area contributed by atoms with E-state index >= 15 is 0 Å². The van der Waals surface area contributed by atoms with Gasteiger partial charge in [0.25, 0.3) is 0 Å². The monoisotopic (exact) mass is 253 g/mol. The van der Waals surface area contributed by atoms with Crippen molar-refractivity contribution in [2.24, 2.45) is 0 Å². The van der Waals surface area contributed by atoms with E-state index in [9.17, 15) is 4.79 Å². The predicted molar refractivity (Wildman–Crippen MR) is 77.6 cm³/mol. The van der Waals surface area contributed by atoms with Gasteiger partial charge < -0.3 is 0 Å². The Balaban J connectivity index is 2.15. The van der Waals surface area contributed by atoms with Crippen LogP contribution in [0.15, 0.2) is 36.4 Å². The topological polar surface area (TPSA) is 30.0 Å². The Morgan fingerprint density at radius 2 is 1.63 bits per heavy atom. The molecule has 1 heterocycles. The van der Waals surface area contributed by atoms with E-state index in [0.29, 0.717) is 6.42 Å². The van der Waals surface area contributed by atoms with Gasteiger partial charge in [0.15, 0.2) is 5.78 Å². The third kappa shape index (κ3) is 3.28. The van der Waals surface area contributed by atoms with E-state index in [-0.39, 0.29) is 5.78 Å². The number of aromatic nitrogens is 1. The number of rotatable bonds is 4. The first-order chi connectivity index (χ1) is 9.10. The zero-order valence-electron chi connectivity index (χ0n) is 11.7. The van der Waals surface area contributed by atoms with Gasteiger partial charge >= 0.3 is 0 Å². The molecule has 0 fully saturated rings. The molecule has 2 heteroatoms. The number of carbonyl (C=O) groups excluding carboxylic acids is 1. The minimum Gasteiger partial charge on any atom is -0.294 e. The smallest absolute Gasteiger partial charge is 0.169 e. The molecule has 0 unspecified atom stereocenters. The molecular weight excluding hydrogens is 234 g/mol. The van der Waals surface area contributed by atoms with Crippen molar-refractivity contribution in [1.82, 2.24) is 4.98 Å². The molecule has 0 aliphatic carbocycles. The number of hydrogen-bond acceptors (Lipinski definition) is 2. The second-order valence-corrected chi connectivity index (χ2v) is 4.86. The SMILES string of the molecule is CCc1ccc(CC(=O)c2ccc(C)nc2C)cc1. The quantitative estimate of drug-likeness (QED) is 0.778. The summed E-state index contributed by atoms with van der Waals surface area (Å²) in [6.45, 7) is 5.95. The van der Waals surface area contributed by atoms with Crippen LogP contribution < -0.4 is 0 Å². The minimum absolute atomic E-state index is 0.134. The summed E-state index contributed by atoms with van der Waals surface area (Å²) in [6, 6.07) is 12.0. The molecule has 0 spiro atoms. The van der Waals surface area contributed by atoms with Crippen molar-refractivity contribution in [2.45, 2.75) is 33.6 Å². The zero-order valence-corrected chi connectivity index (χ0v) is 11.7. The fraction of sp³-hybridized carbons (Fsp3) is 0.294. The number of aryl methyl sites for hydroxylation is 3. The second-order valence-electron chi connectivity index (χ2n) is 4.86. The second kappa shape index (κ2) is 5.79. The fourth-order valence-corrected chi connectivity index (χ4v) is 2.15. The molecule has 0 atom stereocenters. The van der Waals surface area contributed by atoms with Gasteiger partial charge in [-0.05, 0) is 43.5 Å². The van der Waals surface area contributed by atoms with Gasteiger partial charge in [-0.1, -0.05) is 31.2 Å². The molecule has 0 aliphatic rings. The van der Waals surface area contributed by atoms with Gasteiger partial charge in [-0.15, -0.1) is 0 Å². The Morgan fingerprint density at radius 1 is 1.00 bits per heavy atom. The van der Waals surface area contributed by atoms with Crippen LogP contribution in [0.2, 0.25) is 0 Å². The van der Waals surface area contributed by atoms with Crippen molar-refractivity contribution in [3.8, 4) is 0 Å². The van der Waals surface area contributed by atoms with Crippen LogP contribution in [0.1, 0.15) is 39.8 Å². The molecule has 2 rings (SSSR count). The van der Waals surface area contributed by atoms with E-state index in [4.69, 9.17) is 0 Å². The lowest BCUT2D eigenvalue weighted by Crippen LogP contribution is -2.07. The average Bonchev–Trinajstić information content (AvgIpc) is 2.39. The molecular formula is C17H19NO. The summed E-state index contributed by atoms with van der Waals surface area (Å²) in [4.78, 5) is 16.6. The van der Waals surface area contributed by atoms with Gasteiger partial charge in [0.1, 0.15) is 0 Å². The summed E-state index contributed by atoms with van der Waals surface area (Å²) >= 11 is 0. The van der Waals surface area contributed by atoms with Crippen molar-refractivity contribution in [3.05, 3.63) is 64.5 Å². The standard InChI is InChI=1S/C17H19NO/c1-4-14-6-8-15(9-7-14)11-17(19)16-10-5-12(2)18-13(16)3/h5-10H,4,11H2,1-3H3. The van der Waals surface area contributed by atoms with Crippen LogP contribution in [-0.4, -0.2) is 10.8 Å². The highest BCUT2D eigenvalue weighted by Gasteiger charge is 2.10. The summed E-state index contributed by atoms with van der Waals surface area (Å²) in [5, 5.41) is 0. The number of hydrogen-bond donors (Lipinski definition) is 0. The summed E-state index contributed by atoms with van der Waals surface area (Å²) in [5.74, 6) is 0.134. The Morgan fingerprint density at radius 3 is 2.21 bits per heavy atom. The number of carbonyl (C=O) groups is 1. The molecule has 1 aromatic carbocycles. The van der Waals surface area contributed by atoms with Gasteiger partial charge in [0, 0.05) is 23.4 Å². The van der Waals surface area contributed by atoms with Crippen molar-refractivity contribution < 1.29 is 4.79 Å². The molecule has 0 radical (unpaired) electrons. The molecule has 19 heavy (non-hydrogen) atoms. The average molecular weight is 253 g/mol. The molecule has 0 saturated heterocycles. The van der Waals surface area contributed by atoms with Crippen LogP contribution in [0.25, 0.3) is 0 Å². The van der Waals surface area contributed by atoms with Gasteiger partial charge in [0.2, 0.25) is 0 Å². The van der Waals surface area contributed by atoms with E-state index in [2.05, 4.69) is 24.0 Å². The molecule has 1 aromatic heterocycles. The molecule has 98 valence electrons. The van der Waals surface area contributed by atoms with E-state index in [1.165, 1.54) is 5.56 Å². The fourth-order valence-electron chi connectivity index (χ4n) is 2.15. The van der Waals surface area contributed by atoms with Gasteiger partial charge in [0.05, 0.1) is 0 Å². The molecule has 0 bridgehead atoms. The Labute approximate surface area is 114 Å². The number of ketones is 1. The third-order valence-corrected chi connectivity index (χ3v) is 3.32. The van der Waals surface area contributed by atoms with E-state index in [0.717, 1.165) is 28.9 Å². The van der Waals surface area contributed by atoms with Crippen LogP contribution in [0.3, 0.4) is 0 Å². The lowest BCUT2D eigenvalue weighted by atomic mass is 10.0. The van der Waals surface area contributed by atoms with Crippen molar-refractivity contribution in [2.75, 3.05) is 0 Å². The normalized spacial score (nSPS) is 10.5. The predicted octanol–water partition coefficient (Wildman–Crippen LogP) is 3.69. The first-order valence-corrected chi connectivity index (χ1v) is 6.65. The zero-order chi connectivity index (χ0) is 13.8. The summed E-state index contributed by atoms with van der Waals surface area (Å²) in [5.41, 5.74) is 4.84. The number of Topliss-reactive ketones (excluding diaryl/α,β-unsaturated/α-hetero) is 1. The maximum absolute atomic E-state index is 12.3. The molecule has 2 aromatic rings. The maximum atomic E-state index is 12.3. The lowest BCUT2D eigenvalue weighted by molar-refractivity contribution is 0.0992. The van der Waals surface area contributed by atoms with Crippen LogP contribution in [0.4, 0.5) is 0 Å². The van der Waals surface area contributed by atoms with Crippen molar-refractivity contribution in [1.29, 1.82) is 0 Å². The molecule has 0 saturated carbocycles. The Bertz CT molecular complexity index is 585. The number of nitrogens with zero attached hydrogens (tertiary/aromatic N) is 1. The molecule has 0 aliphatic heterocycles. The van der Waals surface area contributed by atoms with Crippen molar-refractivity contribution in [3.63, 3.8) is 0 Å². The first kappa shape index (κ1) is 13.5. The molecule has 0 amide bonds. The Kier molecular flexibility index (Phi) is 4.10. The van der Waals surface area contributed by atoms with Crippen LogP contribution >= 0.6 is 0 Å². The molecule has 0 N–H and O–H groups in total. The minimum atomic E-state index is 0.134. The van der Waals surface area contributed by atoms with Crippen LogP contribution in [-0.2, 0) is 12.8 Å². The van der Waals surface area contributed by atoms with Crippen LogP contribution in [0.5, 0.6) is 0 Å². The largest absolute Gasteiger partial charge is 0.294 e. The maximum Gasteiger partial charge on any atom is 0.169 e. The van der Waals surface area contributed by atoms with E-state index in [1.54, 1.807) is 0 Å². The number of benzene rings is 1. The Hall–Kier alpha value is -1.96. The number of pyridine rings is 1.